The molecule has 4 rings (SSSR count). The molecule has 216 valence electrons. The van der Waals surface area contributed by atoms with E-state index >= 15 is 0 Å². The Hall–Kier alpha value is -4.63. The molecule has 0 aliphatic carbocycles. The van der Waals surface area contributed by atoms with Crippen LogP contribution < -0.4 is 21.7 Å². The van der Waals surface area contributed by atoms with E-state index in [0.717, 1.165) is 16.5 Å². The molecule has 9 N–H and O–H groups in total. The maximum absolute atomic E-state index is 13.6. The Morgan fingerprint density at radius 1 is 0.829 bits per heavy atom. The van der Waals surface area contributed by atoms with Crippen molar-refractivity contribution < 1.29 is 24.3 Å². The summed E-state index contributed by atoms with van der Waals surface area (Å²) in [6.07, 6.45) is 7.93. The van der Waals surface area contributed by atoms with Crippen molar-refractivity contribution in [3.63, 3.8) is 0 Å². The smallest absolute Gasteiger partial charge is 0.327 e. The van der Waals surface area contributed by atoms with Crippen molar-refractivity contribution >= 4 is 47.2 Å². The van der Waals surface area contributed by atoms with Crippen LogP contribution in [0.1, 0.15) is 17.0 Å². The Bertz CT molecular complexity index is 1470. The van der Waals surface area contributed by atoms with E-state index in [2.05, 4.69) is 53.5 Å². The fourth-order valence-corrected chi connectivity index (χ4v) is 4.54. The van der Waals surface area contributed by atoms with Crippen LogP contribution in [-0.4, -0.2) is 83.6 Å². The Kier molecular flexibility index (Phi) is 9.76. The number of aromatic amines is 3. The van der Waals surface area contributed by atoms with Gasteiger partial charge in [-0.05, 0) is 11.6 Å². The van der Waals surface area contributed by atoms with Crippen LogP contribution in [-0.2, 0) is 38.4 Å². The minimum absolute atomic E-state index is 0.0319. The SMILES string of the molecule is NC(Cc1cnc[nH]1)C(=O)NC(Cc1cnc[nH]1)C(=O)NC(Cc1c[nH]c2ccccc12)C(=O)NC(CS)C(=O)O. The highest BCUT2D eigenvalue weighted by Crippen LogP contribution is 2.19. The van der Waals surface area contributed by atoms with Crippen LogP contribution in [0.25, 0.3) is 10.9 Å². The number of fused-ring (bicyclic) bond motifs is 1. The van der Waals surface area contributed by atoms with Crippen LogP contribution in [0, 0.1) is 0 Å². The predicted octanol–water partition coefficient (Wildman–Crippen LogP) is -0.562. The lowest BCUT2D eigenvalue weighted by Crippen LogP contribution is -2.58. The number of nitrogens with two attached hydrogens (primary N) is 1. The molecule has 0 spiro atoms. The summed E-state index contributed by atoms with van der Waals surface area (Å²) in [5, 5.41) is 18.1. The predicted molar refractivity (Wildman–Crippen MR) is 152 cm³/mol. The lowest BCUT2D eigenvalue weighted by molar-refractivity contribution is -0.141. The number of carboxylic acids is 1. The van der Waals surface area contributed by atoms with Gasteiger partial charge < -0.3 is 41.7 Å². The molecule has 14 nitrogen and oxygen atoms in total. The highest BCUT2D eigenvalue weighted by Gasteiger charge is 2.31. The van der Waals surface area contributed by atoms with Crippen molar-refractivity contribution in [1.29, 1.82) is 0 Å². The molecule has 0 saturated heterocycles. The maximum Gasteiger partial charge on any atom is 0.327 e. The van der Waals surface area contributed by atoms with E-state index in [0.29, 0.717) is 11.4 Å². The number of thiol groups is 1. The number of hydrogen-bond donors (Lipinski definition) is 9. The number of imidazole rings is 2. The van der Waals surface area contributed by atoms with Gasteiger partial charge in [-0.15, -0.1) is 0 Å². The van der Waals surface area contributed by atoms with Crippen LogP contribution >= 0.6 is 12.6 Å². The van der Waals surface area contributed by atoms with Gasteiger partial charge >= 0.3 is 5.97 Å². The number of aliphatic carboxylic acids is 1. The molecular formula is C26H31N9O5S. The molecule has 0 aliphatic heterocycles. The van der Waals surface area contributed by atoms with Gasteiger partial charge in [-0.25, -0.2) is 14.8 Å². The van der Waals surface area contributed by atoms with Gasteiger partial charge in [0.05, 0.1) is 18.7 Å². The Morgan fingerprint density at radius 2 is 1.41 bits per heavy atom. The molecule has 15 heteroatoms. The number of H-pyrrole nitrogens is 3. The zero-order chi connectivity index (χ0) is 29.4. The molecule has 0 fully saturated rings. The standard InChI is InChI=1S/C26H31N9O5S/c27-18(6-15-9-28-12-31-15)23(36)33-21(7-16-10-29-13-32-16)25(38)34-20(24(37)35-22(11-41)26(39)40)5-14-8-30-19-4-2-1-3-17(14)19/h1-4,8-10,12-13,18,20-22,30,41H,5-7,11,27H2,(H,28,31)(H,29,32)(H,33,36)(H,34,38)(H,35,37)(H,39,40). The highest BCUT2D eigenvalue weighted by atomic mass is 32.1. The van der Waals surface area contributed by atoms with Crippen LogP contribution in [0.4, 0.5) is 0 Å². The third-order valence-electron chi connectivity index (χ3n) is 6.47. The average Bonchev–Trinajstić information content (AvgIpc) is 3.74. The second kappa shape index (κ2) is 13.6. The molecule has 3 heterocycles. The first-order chi connectivity index (χ1) is 19.7. The van der Waals surface area contributed by atoms with Crippen LogP contribution in [0.2, 0.25) is 0 Å². The zero-order valence-electron chi connectivity index (χ0n) is 21.8. The Labute approximate surface area is 239 Å². The lowest BCUT2D eigenvalue weighted by atomic mass is 10.0. The van der Waals surface area contributed by atoms with Gasteiger partial charge in [0.2, 0.25) is 17.7 Å². The van der Waals surface area contributed by atoms with Crippen molar-refractivity contribution in [2.75, 3.05) is 5.75 Å². The number of carbonyl (C=O) groups excluding carboxylic acids is 3. The second-order valence-electron chi connectivity index (χ2n) is 9.44. The van der Waals surface area contributed by atoms with Crippen molar-refractivity contribution in [2.45, 2.75) is 43.4 Å². The van der Waals surface area contributed by atoms with Crippen molar-refractivity contribution in [3.8, 4) is 0 Å². The molecule has 41 heavy (non-hydrogen) atoms. The van der Waals surface area contributed by atoms with E-state index in [1.165, 1.54) is 18.9 Å². The number of carbonyl (C=O) groups is 4. The van der Waals surface area contributed by atoms with Gasteiger partial charge in [0.1, 0.15) is 18.1 Å². The van der Waals surface area contributed by atoms with Gasteiger partial charge in [-0.1, -0.05) is 18.2 Å². The topological polar surface area (TPSA) is 224 Å². The molecule has 1 aromatic carbocycles. The summed E-state index contributed by atoms with van der Waals surface area (Å²) >= 11 is 4.01. The second-order valence-corrected chi connectivity index (χ2v) is 9.80. The summed E-state index contributed by atoms with van der Waals surface area (Å²) in [5.74, 6) is -3.38. The van der Waals surface area contributed by atoms with Crippen LogP contribution in [0.3, 0.4) is 0 Å². The number of amides is 3. The number of rotatable bonds is 14. The first kappa shape index (κ1) is 29.4. The molecule has 4 atom stereocenters. The fraction of sp³-hybridized carbons (Fsp3) is 0.308. The van der Waals surface area contributed by atoms with Gasteiger partial charge in [-0.3, -0.25) is 14.4 Å². The van der Waals surface area contributed by atoms with Gasteiger partial charge in [0, 0.05) is 65.9 Å². The number of carboxylic acid groups (broad SMARTS) is 1. The van der Waals surface area contributed by atoms with Crippen molar-refractivity contribution in [3.05, 3.63) is 72.5 Å². The number of hydrogen-bond acceptors (Lipinski definition) is 8. The summed E-state index contributed by atoms with van der Waals surface area (Å²) in [6, 6.07) is 2.89. The van der Waals surface area contributed by atoms with E-state index in [1.807, 2.05) is 24.3 Å². The molecular weight excluding hydrogens is 550 g/mol. The Morgan fingerprint density at radius 3 is 2.02 bits per heavy atom. The zero-order valence-corrected chi connectivity index (χ0v) is 22.7. The highest BCUT2D eigenvalue weighted by molar-refractivity contribution is 7.80. The fourth-order valence-electron chi connectivity index (χ4n) is 4.29. The van der Waals surface area contributed by atoms with Gasteiger partial charge in [0.25, 0.3) is 0 Å². The number of para-hydroxylation sites is 1. The normalized spacial score (nSPS) is 14.1. The molecule has 4 aromatic rings. The van der Waals surface area contributed by atoms with E-state index in [-0.39, 0.29) is 25.0 Å². The summed E-state index contributed by atoms with van der Waals surface area (Å²) in [4.78, 5) is 68.2. The van der Waals surface area contributed by atoms with Gasteiger partial charge in [0.15, 0.2) is 0 Å². The third kappa shape index (κ3) is 7.73. The summed E-state index contributed by atoms with van der Waals surface area (Å²) in [7, 11) is 0. The summed E-state index contributed by atoms with van der Waals surface area (Å²) < 4.78 is 0. The van der Waals surface area contributed by atoms with E-state index in [4.69, 9.17) is 5.73 Å². The van der Waals surface area contributed by atoms with Crippen molar-refractivity contribution in [1.82, 2.24) is 40.9 Å². The van der Waals surface area contributed by atoms with E-state index in [1.54, 1.807) is 12.4 Å². The summed E-state index contributed by atoms with van der Waals surface area (Å²) in [6.45, 7) is 0. The molecule has 3 aromatic heterocycles. The quantitative estimate of drug-likeness (QED) is 0.0875. The van der Waals surface area contributed by atoms with Crippen LogP contribution in [0.5, 0.6) is 0 Å². The molecule has 4 unspecified atom stereocenters. The molecule has 0 bridgehead atoms. The number of benzene rings is 1. The molecule has 0 radical (unpaired) electrons. The first-order valence-corrected chi connectivity index (χ1v) is 13.4. The minimum atomic E-state index is -1.27. The molecule has 3 amide bonds. The molecule has 0 aliphatic rings. The number of nitrogens with zero attached hydrogens (tertiary/aromatic N) is 2. The summed E-state index contributed by atoms with van der Waals surface area (Å²) in [5.41, 5.74) is 8.86. The van der Waals surface area contributed by atoms with Crippen LogP contribution in [0.15, 0.2) is 55.5 Å². The van der Waals surface area contributed by atoms with Crippen molar-refractivity contribution in [2.24, 2.45) is 5.73 Å². The van der Waals surface area contributed by atoms with Gasteiger partial charge in [-0.2, -0.15) is 12.6 Å². The lowest BCUT2D eigenvalue weighted by Gasteiger charge is -2.25. The average molecular weight is 582 g/mol. The first-order valence-electron chi connectivity index (χ1n) is 12.7. The molecule has 0 saturated carbocycles. The van der Waals surface area contributed by atoms with E-state index in [9.17, 15) is 24.3 Å². The third-order valence-corrected chi connectivity index (χ3v) is 6.84. The Balaban J connectivity index is 1.55. The minimum Gasteiger partial charge on any atom is -0.480 e. The number of nitrogens with one attached hydrogen (secondary N) is 6. The van der Waals surface area contributed by atoms with E-state index < -0.39 is 47.9 Å². The maximum atomic E-state index is 13.6. The monoisotopic (exact) mass is 581 g/mol. The number of aromatic nitrogens is 5. The largest absolute Gasteiger partial charge is 0.480 e.